The number of carboxylic acid groups (broad SMARTS) is 1. The number of hydrogen-bond acceptors (Lipinski definition) is 4. The van der Waals surface area contributed by atoms with Crippen LogP contribution in [0.1, 0.15) is 25.7 Å². The smallest absolute Gasteiger partial charge is 0.345 e. The van der Waals surface area contributed by atoms with Gasteiger partial charge in [0.05, 0.1) is 9.90 Å². The Labute approximate surface area is 140 Å². The molecule has 2 aromatic rings. The first kappa shape index (κ1) is 15.3. The fraction of sp³-hybridized carbons (Fsp3) is 0.200. The molecule has 0 saturated heterocycles. The van der Waals surface area contributed by atoms with Gasteiger partial charge in [-0.1, -0.05) is 23.2 Å². The van der Waals surface area contributed by atoms with Crippen LogP contribution in [0.5, 0.6) is 5.75 Å². The zero-order valence-corrected chi connectivity index (χ0v) is 13.7. The number of thiophene rings is 1. The second kappa shape index (κ2) is 5.57. The van der Waals surface area contributed by atoms with Gasteiger partial charge in [-0.25, -0.2) is 4.79 Å². The Morgan fingerprint density at radius 3 is 2.64 bits per heavy atom. The van der Waals surface area contributed by atoms with Gasteiger partial charge in [0.2, 0.25) is 5.78 Å². The maximum atomic E-state index is 12.6. The summed E-state index contributed by atoms with van der Waals surface area (Å²) in [5, 5.41) is 9.21. The van der Waals surface area contributed by atoms with Crippen molar-refractivity contribution < 1.29 is 19.4 Å². The Hall–Kier alpha value is -1.56. The Kier molecular flexibility index (Phi) is 3.89. The van der Waals surface area contributed by atoms with E-state index in [2.05, 4.69) is 0 Å². The Balaban J connectivity index is 2.05. The third-order valence-electron chi connectivity index (χ3n) is 3.39. The first-order chi connectivity index (χ1) is 10.4. The Morgan fingerprint density at radius 1 is 1.32 bits per heavy atom. The molecule has 0 amide bonds. The molecule has 1 aromatic carbocycles. The van der Waals surface area contributed by atoms with E-state index in [0.717, 1.165) is 4.88 Å². The first-order valence-corrected chi connectivity index (χ1v) is 7.97. The molecule has 0 aliphatic carbocycles. The number of hydrogen-bond donors (Lipinski definition) is 1. The van der Waals surface area contributed by atoms with Gasteiger partial charge in [0.15, 0.2) is 6.10 Å². The molecule has 0 bridgehead atoms. The number of carbonyl (C=O) groups is 2. The largest absolute Gasteiger partial charge is 0.478 e. The number of carboxylic acids is 1. The summed E-state index contributed by atoms with van der Waals surface area (Å²) < 4.78 is 5.30. The number of aryl methyl sites for hydroxylation is 1. The molecule has 3 rings (SSSR count). The van der Waals surface area contributed by atoms with Crippen LogP contribution in [-0.4, -0.2) is 23.0 Å². The van der Waals surface area contributed by atoms with Crippen LogP contribution in [0.4, 0.5) is 0 Å². The van der Waals surface area contributed by atoms with Gasteiger partial charge in [-0.3, -0.25) is 4.79 Å². The zero-order valence-electron chi connectivity index (χ0n) is 11.4. The minimum Gasteiger partial charge on any atom is -0.478 e. The molecule has 0 spiro atoms. The summed E-state index contributed by atoms with van der Waals surface area (Å²) in [6, 6.07) is 5.16. The average Bonchev–Trinajstić information content (AvgIpc) is 3.08. The summed E-state index contributed by atoms with van der Waals surface area (Å²) in [6.07, 6.45) is -0.844. The van der Waals surface area contributed by atoms with E-state index in [1.165, 1.54) is 11.3 Å². The summed E-state index contributed by atoms with van der Waals surface area (Å²) in [6.45, 7) is 1.91. The Morgan fingerprint density at radius 2 is 2.05 bits per heavy atom. The highest BCUT2D eigenvalue weighted by atomic mass is 35.5. The van der Waals surface area contributed by atoms with Gasteiger partial charge in [0, 0.05) is 22.4 Å². The summed E-state index contributed by atoms with van der Waals surface area (Å²) in [4.78, 5) is 25.2. The molecule has 0 fully saturated rings. The van der Waals surface area contributed by atoms with Crippen LogP contribution in [-0.2, 0) is 11.2 Å². The molecular weight excluding hydrogens is 347 g/mol. The standard InChI is InChI=1S/C15H10Cl2O4S/c1-6-2-3-10(22-6)13(18)8-4-7-5-9(15(19)20)21-14(7)12(17)11(8)16/h2-4,9H,5H2,1H3,(H,19,20). The van der Waals surface area contributed by atoms with Crippen LogP contribution < -0.4 is 4.74 Å². The highest BCUT2D eigenvalue weighted by molar-refractivity contribution is 7.14. The van der Waals surface area contributed by atoms with Crippen molar-refractivity contribution in [2.45, 2.75) is 19.4 Å². The van der Waals surface area contributed by atoms with E-state index in [0.29, 0.717) is 10.4 Å². The third-order valence-corrected chi connectivity index (χ3v) is 5.24. The second-order valence-electron chi connectivity index (χ2n) is 4.93. The van der Waals surface area contributed by atoms with Crippen LogP contribution in [0.3, 0.4) is 0 Å². The number of ether oxygens (including phenoxy) is 1. The van der Waals surface area contributed by atoms with Gasteiger partial charge in [-0.15, -0.1) is 11.3 Å². The molecule has 1 N–H and O–H groups in total. The number of halogens is 2. The minimum atomic E-state index is -1.08. The van der Waals surface area contributed by atoms with E-state index in [4.69, 9.17) is 33.0 Å². The number of carbonyl (C=O) groups excluding carboxylic acids is 1. The lowest BCUT2D eigenvalue weighted by Crippen LogP contribution is -2.24. The van der Waals surface area contributed by atoms with Crippen LogP contribution in [0, 0.1) is 6.92 Å². The van der Waals surface area contributed by atoms with Crippen molar-refractivity contribution >= 4 is 46.3 Å². The summed E-state index contributed by atoms with van der Waals surface area (Å²) in [7, 11) is 0. The predicted molar refractivity (Wildman–Crippen MR) is 84.7 cm³/mol. The van der Waals surface area contributed by atoms with Crippen molar-refractivity contribution in [2.75, 3.05) is 0 Å². The lowest BCUT2D eigenvalue weighted by Gasteiger charge is -2.09. The van der Waals surface area contributed by atoms with Crippen LogP contribution in [0.25, 0.3) is 0 Å². The topological polar surface area (TPSA) is 63.6 Å². The number of fused-ring (bicyclic) bond motifs is 1. The van der Waals surface area contributed by atoms with E-state index in [1.807, 2.05) is 13.0 Å². The van der Waals surface area contributed by atoms with E-state index in [1.54, 1.807) is 12.1 Å². The van der Waals surface area contributed by atoms with E-state index < -0.39 is 12.1 Å². The lowest BCUT2D eigenvalue weighted by molar-refractivity contribution is -0.144. The summed E-state index contributed by atoms with van der Waals surface area (Å²) in [5.74, 6) is -1.06. The van der Waals surface area contributed by atoms with Gasteiger partial charge in [-0.2, -0.15) is 0 Å². The highest BCUT2D eigenvalue weighted by Crippen LogP contribution is 2.43. The Bertz CT molecular complexity index is 797. The fourth-order valence-electron chi connectivity index (χ4n) is 2.32. The van der Waals surface area contributed by atoms with Crippen molar-refractivity contribution in [3.63, 3.8) is 0 Å². The van der Waals surface area contributed by atoms with Gasteiger partial charge < -0.3 is 9.84 Å². The maximum Gasteiger partial charge on any atom is 0.345 e. The quantitative estimate of drug-likeness (QED) is 0.844. The van der Waals surface area contributed by atoms with Crippen molar-refractivity contribution in [1.82, 2.24) is 0 Å². The van der Waals surface area contributed by atoms with Gasteiger partial charge in [0.1, 0.15) is 10.8 Å². The minimum absolute atomic E-state index is 0.0829. The number of benzene rings is 1. The van der Waals surface area contributed by atoms with Gasteiger partial charge in [-0.05, 0) is 25.1 Å². The molecule has 1 atom stereocenters. The first-order valence-electron chi connectivity index (χ1n) is 6.40. The molecule has 1 aliphatic heterocycles. The van der Waals surface area contributed by atoms with E-state index in [9.17, 15) is 9.59 Å². The highest BCUT2D eigenvalue weighted by Gasteiger charge is 2.33. The number of ketones is 1. The van der Waals surface area contributed by atoms with Crippen molar-refractivity contribution in [3.05, 3.63) is 49.1 Å². The number of rotatable bonds is 3. The SMILES string of the molecule is Cc1ccc(C(=O)c2cc3c(c(Cl)c2Cl)OC(C(=O)O)C3)s1. The monoisotopic (exact) mass is 356 g/mol. The van der Waals surface area contributed by atoms with Crippen molar-refractivity contribution in [1.29, 1.82) is 0 Å². The fourth-order valence-corrected chi connectivity index (χ4v) is 3.63. The number of aliphatic carboxylic acids is 1. The molecule has 1 aliphatic rings. The molecule has 1 aromatic heterocycles. The van der Waals surface area contributed by atoms with Crippen LogP contribution in [0.15, 0.2) is 18.2 Å². The van der Waals surface area contributed by atoms with E-state index >= 15 is 0 Å². The molecule has 2 heterocycles. The van der Waals surface area contributed by atoms with Crippen molar-refractivity contribution in [2.24, 2.45) is 0 Å². The van der Waals surface area contributed by atoms with E-state index in [-0.39, 0.29) is 33.6 Å². The van der Waals surface area contributed by atoms with Gasteiger partial charge >= 0.3 is 5.97 Å². The maximum absolute atomic E-state index is 12.6. The zero-order chi connectivity index (χ0) is 16.0. The third kappa shape index (κ3) is 2.49. The molecule has 0 radical (unpaired) electrons. The molecule has 1 unspecified atom stereocenters. The molecule has 114 valence electrons. The van der Waals surface area contributed by atoms with Crippen LogP contribution >= 0.6 is 34.5 Å². The molecule has 7 heteroatoms. The normalized spacial score (nSPS) is 16.2. The molecule has 22 heavy (non-hydrogen) atoms. The predicted octanol–water partition coefficient (Wildman–Crippen LogP) is 3.98. The van der Waals surface area contributed by atoms with Crippen molar-refractivity contribution in [3.8, 4) is 5.75 Å². The molecular formula is C15H10Cl2O4S. The average molecular weight is 357 g/mol. The summed E-state index contributed by atoms with van der Waals surface area (Å²) >= 11 is 13.7. The van der Waals surface area contributed by atoms with Gasteiger partial charge in [0.25, 0.3) is 0 Å². The van der Waals surface area contributed by atoms with Crippen LogP contribution in [0.2, 0.25) is 10.0 Å². The molecule has 0 saturated carbocycles. The lowest BCUT2D eigenvalue weighted by atomic mass is 10.0. The summed E-state index contributed by atoms with van der Waals surface area (Å²) in [5.41, 5.74) is 0.848. The molecule has 4 nitrogen and oxygen atoms in total. The second-order valence-corrected chi connectivity index (χ2v) is 6.97.